The monoisotopic (exact) mass is 365 g/mol. The number of carbonyl (C=O) groups is 1. The summed E-state index contributed by atoms with van der Waals surface area (Å²) >= 11 is 0. The van der Waals surface area contributed by atoms with E-state index in [4.69, 9.17) is 0 Å². The molecule has 0 unspecified atom stereocenters. The number of hydrogen-bond acceptors (Lipinski definition) is 1. The zero-order valence-electron chi connectivity index (χ0n) is 15.2. The van der Waals surface area contributed by atoms with Crippen LogP contribution >= 0.6 is 0 Å². The molecule has 4 heteroatoms. The summed E-state index contributed by atoms with van der Waals surface area (Å²) in [5, 5.41) is 0. The smallest absolute Gasteiger partial charge is 0.227 e. The van der Waals surface area contributed by atoms with E-state index in [2.05, 4.69) is 0 Å². The number of benzene rings is 2. The first-order valence-electron chi connectivity index (χ1n) is 9.51. The lowest BCUT2D eigenvalue weighted by Gasteiger charge is -2.29. The van der Waals surface area contributed by atoms with Crippen LogP contribution in [-0.4, -0.2) is 17.4 Å². The maximum Gasteiger partial charge on any atom is 0.227 e. The lowest BCUT2D eigenvalue weighted by molar-refractivity contribution is -0.136. The Morgan fingerprint density at radius 3 is 2.52 bits per heavy atom. The highest BCUT2D eigenvalue weighted by Gasteiger charge is 2.73. The van der Waals surface area contributed by atoms with Gasteiger partial charge in [0.2, 0.25) is 5.91 Å². The summed E-state index contributed by atoms with van der Waals surface area (Å²) in [7, 11) is 0. The number of fused-ring (bicyclic) bond motifs is 1. The number of hydrogen-bond donors (Lipinski definition) is 0. The third-order valence-electron chi connectivity index (χ3n) is 6.71. The molecule has 1 heterocycles. The van der Waals surface area contributed by atoms with Gasteiger partial charge in [0.15, 0.2) is 0 Å². The normalized spacial score (nSPS) is 29.1. The quantitative estimate of drug-likeness (QED) is 0.748. The summed E-state index contributed by atoms with van der Waals surface area (Å²) in [6.07, 6.45) is 4.22. The molecule has 0 N–H and O–H groups in total. The summed E-state index contributed by atoms with van der Waals surface area (Å²) in [5.74, 6) is -0.104. The third-order valence-corrected chi connectivity index (χ3v) is 6.71. The van der Waals surface area contributed by atoms with Gasteiger partial charge in [-0.3, -0.25) is 4.79 Å². The average Bonchev–Trinajstić information content (AvgIpc) is 3.51. The SMILES string of the molecule is C[C@H](C(=O)N1CC(c2cc(F)ccc2F)=C[C@H]1c1ccccc1)C12CC1C2. The number of carbonyl (C=O) groups excluding carboxylic acids is 1. The van der Waals surface area contributed by atoms with E-state index in [-0.39, 0.29) is 28.8 Å². The summed E-state index contributed by atoms with van der Waals surface area (Å²) in [4.78, 5) is 15.1. The molecule has 138 valence electrons. The zero-order valence-corrected chi connectivity index (χ0v) is 15.2. The summed E-state index contributed by atoms with van der Waals surface area (Å²) in [5.41, 5.74) is 2.13. The molecule has 2 aromatic rings. The van der Waals surface area contributed by atoms with Gasteiger partial charge in [-0.25, -0.2) is 8.78 Å². The number of amides is 1. The Morgan fingerprint density at radius 2 is 1.85 bits per heavy atom. The van der Waals surface area contributed by atoms with Gasteiger partial charge in [0.1, 0.15) is 11.6 Å². The molecule has 2 fully saturated rings. The highest BCUT2D eigenvalue weighted by Crippen LogP contribution is 2.79. The van der Waals surface area contributed by atoms with E-state index in [0.29, 0.717) is 12.1 Å². The van der Waals surface area contributed by atoms with Crippen molar-refractivity contribution in [2.75, 3.05) is 6.54 Å². The first-order valence-corrected chi connectivity index (χ1v) is 9.51. The minimum Gasteiger partial charge on any atom is -0.328 e. The highest BCUT2D eigenvalue weighted by molar-refractivity contribution is 5.86. The largest absolute Gasteiger partial charge is 0.328 e. The second-order valence-electron chi connectivity index (χ2n) is 8.20. The van der Waals surface area contributed by atoms with Crippen LogP contribution < -0.4 is 0 Å². The van der Waals surface area contributed by atoms with Crippen molar-refractivity contribution in [3.05, 3.63) is 77.4 Å². The van der Waals surface area contributed by atoms with Crippen LogP contribution in [-0.2, 0) is 4.79 Å². The molecule has 2 saturated carbocycles. The van der Waals surface area contributed by atoms with E-state index in [9.17, 15) is 13.6 Å². The van der Waals surface area contributed by atoms with Crippen LogP contribution in [0.4, 0.5) is 8.78 Å². The van der Waals surface area contributed by atoms with Crippen LogP contribution in [0.25, 0.3) is 5.57 Å². The Bertz CT molecular complexity index is 946. The molecule has 1 amide bonds. The Kier molecular flexibility index (Phi) is 3.55. The van der Waals surface area contributed by atoms with Gasteiger partial charge in [-0.05, 0) is 53.5 Å². The Morgan fingerprint density at radius 1 is 1.15 bits per heavy atom. The molecule has 2 atom stereocenters. The van der Waals surface area contributed by atoms with Crippen LogP contribution in [0.2, 0.25) is 0 Å². The molecule has 0 aromatic heterocycles. The minimum absolute atomic E-state index is 0.0150. The van der Waals surface area contributed by atoms with Gasteiger partial charge in [0.25, 0.3) is 0 Å². The standard InChI is InChI=1S/C23H21F2NO/c1-14(23-11-17(23)12-23)22(27)26-13-16(19-10-18(24)7-8-20(19)25)9-21(26)15-5-3-2-4-6-15/h2-10,14,17,21H,11-13H2,1H3/t14-,17?,21+,23?/m1/s1. The summed E-state index contributed by atoms with van der Waals surface area (Å²) in [6, 6.07) is 13.0. The molecule has 1 aliphatic heterocycles. The van der Waals surface area contributed by atoms with E-state index in [0.717, 1.165) is 36.5 Å². The van der Waals surface area contributed by atoms with Crippen molar-refractivity contribution < 1.29 is 13.6 Å². The topological polar surface area (TPSA) is 20.3 Å². The molecular weight excluding hydrogens is 344 g/mol. The number of nitrogens with zero attached hydrogens (tertiary/aromatic N) is 1. The molecular formula is C23H21F2NO. The van der Waals surface area contributed by atoms with Gasteiger partial charge in [0.05, 0.1) is 6.04 Å². The molecule has 0 bridgehead atoms. The van der Waals surface area contributed by atoms with E-state index in [1.807, 2.05) is 48.2 Å². The van der Waals surface area contributed by atoms with Crippen LogP contribution in [0.3, 0.4) is 0 Å². The molecule has 27 heavy (non-hydrogen) atoms. The highest BCUT2D eigenvalue weighted by atomic mass is 19.1. The van der Waals surface area contributed by atoms with Gasteiger partial charge >= 0.3 is 0 Å². The number of rotatable bonds is 4. The molecule has 0 spiro atoms. The second kappa shape index (κ2) is 5.75. The van der Waals surface area contributed by atoms with Crippen molar-refractivity contribution in [3.8, 4) is 0 Å². The van der Waals surface area contributed by atoms with Crippen molar-refractivity contribution >= 4 is 11.5 Å². The van der Waals surface area contributed by atoms with Gasteiger partial charge in [-0.15, -0.1) is 0 Å². The fraction of sp³-hybridized carbons (Fsp3) is 0.348. The van der Waals surface area contributed by atoms with Gasteiger partial charge in [0, 0.05) is 18.0 Å². The van der Waals surface area contributed by atoms with Crippen molar-refractivity contribution in [2.45, 2.75) is 25.8 Å². The maximum absolute atomic E-state index is 14.3. The average molecular weight is 365 g/mol. The van der Waals surface area contributed by atoms with Crippen LogP contribution in [0.15, 0.2) is 54.6 Å². The number of halogens is 2. The first-order chi connectivity index (χ1) is 13.0. The van der Waals surface area contributed by atoms with Gasteiger partial charge in [-0.2, -0.15) is 0 Å². The van der Waals surface area contributed by atoms with Crippen LogP contribution in [0.5, 0.6) is 0 Å². The minimum atomic E-state index is -0.473. The molecule has 0 radical (unpaired) electrons. The third kappa shape index (κ3) is 2.61. The van der Waals surface area contributed by atoms with Crippen molar-refractivity contribution in [1.29, 1.82) is 0 Å². The lowest BCUT2D eigenvalue weighted by atomic mass is 9.95. The predicted molar refractivity (Wildman–Crippen MR) is 99.6 cm³/mol. The predicted octanol–water partition coefficient (Wildman–Crippen LogP) is 4.98. The zero-order chi connectivity index (χ0) is 18.8. The van der Waals surface area contributed by atoms with Crippen molar-refractivity contribution in [3.63, 3.8) is 0 Å². The molecule has 2 aliphatic carbocycles. The maximum atomic E-state index is 14.3. The second-order valence-corrected chi connectivity index (χ2v) is 8.20. The summed E-state index contributed by atoms with van der Waals surface area (Å²) < 4.78 is 28.0. The van der Waals surface area contributed by atoms with Crippen LogP contribution in [0, 0.1) is 28.9 Å². The molecule has 5 rings (SSSR count). The van der Waals surface area contributed by atoms with Gasteiger partial charge in [-0.1, -0.05) is 43.3 Å². The lowest BCUT2D eigenvalue weighted by Crippen LogP contribution is -2.37. The Balaban J connectivity index is 1.51. The molecule has 2 nitrogen and oxygen atoms in total. The van der Waals surface area contributed by atoms with E-state index >= 15 is 0 Å². The molecule has 3 aliphatic rings. The Labute approximate surface area is 157 Å². The van der Waals surface area contributed by atoms with E-state index in [1.54, 1.807) is 0 Å². The van der Waals surface area contributed by atoms with Crippen LogP contribution in [0.1, 0.15) is 36.9 Å². The van der Waals surface area contributed by atoms with Crippen molar-refractivity contribution in [2.24, 2.45) is 17.3 Å². The van der Waals surface area contributed by atoms with Gasteiger partial charge < -0.3 is 4.90 Å². The Hall–Kier alpha value is -2.49. The first kappa shape index (κ1) is 16.7. The van der Waals surface area contributed by atoms with E-state index < -0.39 is 11.6 Å². The molecule has 0 saturated heterocycles. The molecule has 2 aromatic carbocycles. The fourth-order valence-electron chi connectivity index (χ4n) is 4.62. The van der Waals surface area contributed by atoms with Crippen molar-refractivity contribution in [1.82, 2.24) is 4.90 Å². The summed E-state index contributed by atoms with van der Waals surface area (Å²) in [6.45, 7) is 2.34. The fourth-order valence-corrected chi connectivity index (χ4v) is 4.62. The van der Waals surface area contributed by atoms with E-state index in [1.165, 1.54) is 6.07 Å².